The lowest BCUT2D eigenvalue weighted by Gasteiger charge is -2.24. The zero-order chi connectivity index (χ0) is 13.4. The van der Waals surface area contributed by atoms with Crippen molar-refractivity contribution in [3.05, 3.63) is 35.4 Å². The first-order valence-electron chi connectivity index (χ1n) is 6.56. The molecule has 2 heteroatoms. The molecule has 1 unspecified atom stereocenters. The van der Waals surface area contributed by atoms with Crippen molar-refractivity contribution in [1.29, 1.82) is 0 Å². The van der Waals surface area contributed by atoms with Gasteiger partial charge in [0, 0.05) is 18.2 Å². The van der Waals surface area contributed by atoms with Gasteiger partial charge >= 0.3 is 0 Å². The lowest BCUT2D eigenvalue weighted by Crippen LogP contribution is -2.28. The predicted molar refractivity (Wildman–Crippen MR) is 76.2 cm³/mol. The van der Waals surface area contributed by atoms with E-state index in [1.165, 1.54) is 18.4 Å². The minimum absolute atomic E-state index is 0.0843. The summed E-state index contributed by atoms with van der Waals surface area (Å²) in [5.41, 5.74) is 2.26. The van der Waals surface area contributed by atoms with Crippen LogP contribution in [0.4, 0.5) is 0 Å². The smallest absolute Gasteiger partial charge is 0.104 e. The zero-order valence-electron chi connectivity index (χ0n) is 11.6. The molecule has 0 heterocycles. The van der Waals surface area contributed by atoms with Gasteiger partial charge in [0.2, 0.25) is 0 Å². The molecule has 0 amide bonds. The standard InChI is InChI=1S/C16H23NO/c1-4-6-14(2)17(3)13-16-10-8-15(9-11-16)7-5-12-18/h8-11,14,18H,4,6,12-13H2,1-3H3. The maximum absolute atomic E-state index is 8.63. The Morgan fingerprint density at radius 1 is 1.28 bits per heavy atom. The van der Waals surface area contributed by atoms with Crippen molar-refractivity contribution < 1.29 is 5.11 Å². The largest absolute Gasteiger partial charge is 0.384 e. The molecule has 2 nitrogen and oxygen atoms in total. The number of nitrogens with zero attached hydrogens (tertiary/aromatic N) is 1. The van der Waals surface area contributed by atoms with E-state index in [4.69, 9.17) is 5.11 Å². The number of aliphatic hydroxyl groups is 1. The fraction of sp³-hybridized carbons (Fsp3) is 0.500. The molecule has 0 aliphatic heterocycles. The quantitative estimate of drug-likeness (QED) is 0.806. The molecule has 0 saturated carbocycles. The van der Waals surface area contributed by atoms with Crippen LogP contribution >= 0.6 is 0 Å². The summed E-state index contributed by atoms with van der Waals surface area (Å²) in [5.74, 6) is 5.56. The molecule has 98 valence electrons. The summed E-state index contributed by atoms with van der Waals surface area (Å²) in [4.78, 5) is 2.37. The summed E-state index contributed by atoms with van der Waals surface area (Å²) in [6, 6.07) is 8.85. The first kappa shape index (κ1) is 14.8. The minimum atomic E-state index is -0.0843. The van der Waals surface area contributed by atoms with Crippen LogP contribution in [0.2, 0.25) is 0 Å². The molecule has 0 aromatic heterocycles. The second-order valence-corrected chi connectivity index (χ2v) is 4.71. The lowest BCUT2D eigenvalue weighted by atomic mass is 10.1. The van der Waals surface area contributed by atoms with Gasteiger partial charge in [0.05, 0.1) is 0 Å². The van der Waals surface area contributed by atoms with Gasteiger partial charge in [-0.3, -0.25) is 4.90 Å². The molecule has 0 aliphatic carbocycles. The maximum atomic E-state index is 8.63. The third-order valence-electron chi connectivity index (χ3n) is 3.16. The molecule has 0 radical (unpaired) electrons. The summed E-state index contributed by atoms with van der Waals surface area (Å²) in [6.07, 6.45) is 2.46. The van der Waals surface area contributed by atoms with Crippen molar-refractivity contribution in [2.45, 2.75) is 39.3 Å². The highest BCUT2D eigenvalue weighted by Crippen LogP contribution is 2.10. The van der Waals surface area contributed by atoms with Crippen LogP contribution in [-0.2, 0) is 6.54 Å². The van der Waals surface area contributed by atoms with Crippen LogP contribution in [0.25, 0.3) is 0 Å². The van der Waals surface area contributed by atoms with Crippen LogP contribution in [0.15, 0.2) is 24.3 Å². The molecule has 1 aromatic carbocycles. The summed E-state index contributed by atoms with van der Waals surface area (Å²) >= 11 is 0. The van der Waals surface area contributed by atoms with Crippen molar-refractivity contribution in [1.82, 2.24) is 4.90 Å². The molecule has 1 rings (SSSR count). The van der Waals surface area contributed by atoms with Crippen LogP contribution in [0.3, 0.4) is 0 Å². The number of aliphatic hydroxyl groups excluding tert-OH is 1. The third kappa shape index (κ3) is 4.91. The first-order chi connectivity index (χ1) is 8.67. The highest BCUT2D eigenvalue weighted by Gasteiger charge is 2.08. The van der Waals surface area contributed by atoms with Crippen molar-refractivity contribution >= 4 is 0 Å². The lowest BCUT2D eigenvalue weighted by molar-refractivity contribution is 0.237. The van der Waals surface area contributed by atoms with Gasteiger partial charge in [-0.05, 0) is 38.1 Å². The fourth-order valence-electron chi connectivity index (χ4n) is 1.92. The average molecular weight is 245 g/mol. The Kier molecular flexibility index (Phi) is 6.49. The Bertz CT molecular complexity index is 399. The summed E-state index contributed by atoms with van der Waals surface area (Å²) < 4.78 is 0. The van der Waals surface area contributed by atoms with E-state index >= 15 is 0 Å². The molecule has 0 fully saturated rings. The van der Waals surface area contributed by atoms with Crippen LogP contribution in [-0.4, -0.2) is 29.7 Å². The number of hydrogen-bond acceptors (Lipinski definition) is 2. The topological polar surface area (TPSA) is 23.5 Å². The molecule has 0 bridgehead atoms. The predicted octanol–water partition coefficient (Wildman–Crippen LogP) is 2.65. The highest BCUT2D eigenvalue weighted by molar-refractivity contribution is 5.36. The van der Waals surface area contributed by atoms with Crippen LogP contribution in [0.5, 0.6) is 0 Å². The van der Waals surface area contributed by atoms with Gasteiger partial charge in [0.25, 0.3) is 0 Å². The van der Waals surface area contributed by atoms with E-state index in [0.29, 0.717) is 6.04 Å². The van der Waals surface area contributed by atoms with Gasteiger partial charge in [0.1, 0.15) is 6.61 Å². The monoisotopic (exact) mass is 245 g/mol. The minimum Gasteiger partial charge on any atom is -0.384 e. The van der Waals surface area contributed by atoms with Crippen molar-refractivity contribution in [2.75, 3.05) is 13.7 Å². The Morgan fingerprint density at radius 3 is 2.50 bits per heavy atom. The van der Waals surface area contributed by atoms with E-state index in [1.807, 2.05) is 12.1 Å². The van der Waals surface area contributed by atoms with E-state index in [0.717, 1.165) is 12.1 Å². The van der Waals surface area contributed by atoms with Crippen molar-refractivity contribution in [2.24, 2.45) is 0 Å². The van der Waals surface area contributed by atoms with E-state index < -0.39 is 0 Å². The van der Waals surface area contributed by atoms with Crippen molar-refractivity contribution in [3.8, 4) is 11.8 Å². The van der Waals surface area contributed by atoms with Gasteiger partial charge in [0.15, 0.2) is 0 Å². The van der Waals surface area contributed by atoms with E-state index in [9.17, 15) is 0 Å². The summed E-state index contributed by atoms with van der Waals surface area (Å²) in [5, 5.41) is 8.63. The zero-order valence-corrected chi connectivity index (χ0v) is 11.6. The van der Waals surface area contributed by atoms with Gasteiger partial charge in [-0.1, -0.05) is 37.3 Å². The van der Waals surface area contributed by atoms with Crippen LogP contribution in [0.1, 0.15) is 37.8 Å². The molecule has 0 spiro atoms. The SMILES string of the molecule is CCCC(C)N(C)Cc1ccc(C#CCO)cc1. The number of benzene rings is 1. The maximum Gasteiger partial charge on any atom is 0.104 e. The summed E-state index contributed by atoms with van der Waals surface area (Å²) in [6.45, 7) is 5.37. The molecular weight excluding hydrogens is 222 g/mol. The molecule has 1 atom stereocenters. The first-order valence-corrected chi connectivity index (χ1v) is 6.56. The molecule has 1 N–H and O–H groups in total. The number of hydrogen-bond donors (Lipinski definition) is 1. The molecule has 18 heavy (non-hydrogen) atoms. The highest BCUT2D eigenvalue weighted by atomic mass is 16.2. The summed E-state index contributed by atoms with van der Waals surface area (Å²) in [7, 11) is 2.17. The van der Waals surface area contributed by atoms with Gasteiger partial charge < -0.3 is 5.11 Å². The molecule has 0 aliphatic rings. The molecule has 0 saturated heterocycles. The average Bonchev–Trinajstić information content (AvgIpc) is 2.38. The van der Waals surface area contributed by atoms with Crippen LogP contribution in [0, 0.1) is 11.8 Å². The molecule has 1 aromatic rings. The fourth-order valence-corrected chi connectivity index (χ4v) is 1.92. The van der Waals surface area contributed by atoms with E-state index in [-0.39, 0.29) is 6.61 Å². The van der Waals surface area contributed by atoms with Gasteiger partial charge in [-0.2, -0.15) is 0 Å². The van der Waals surface area contributed by atoms with E-state index in [1.54, 1.807) is 0 Å². The number of rotatable bonds is 5. The Morgan fingerprint density at radius 2 is 1.94 bits per heavy atom. The van der Waals surface area contributed by atoms with Gasteiger partial charge in [-0.15, -0.1) is 0 Å². The second-order valence-electron chi connectivity index (χ2n) is 4.71. The third-order valence-corrected chi connectivity index (χ3v) is 3.16. The second kappa shape index (κ2) is 7.92. The normalized spacial score (nSPS) is 12.1. The van der Waals surface area contributed by atoms with E-state index in [2.05, 4.69) is 49.8 Å². The Labute approximate surface area is 111 Å². The van der Waals surface area contributed by atoms with Gasteiger partial charge in [-0.25, -0.2) is 0 Å². The van der Waals surface area contributed by atoms with Crippen molar-refractivity contribution in [3.63, 3.8) is 0 Å². The van der Waals surface area contributed by atoms with Crippen LogP contribution < -0.4 is 0 Å². The Hall–Kier alpha value is -1.30. The molecular formula is C16H23NO. The Balaban J connectivity index is 2.58.